The summed E-state index contributed by atoms with van der Waals surface area (Å²) < 4.78 is 9.74. The number of carbonyl (C=O) groups excluding carboxylic acids is 2. The number of hydrogen-bond donors (Lipinski definition) is 1. The van der Waals surface area contributed by atoms with Gasteiger partial charge in [-0.3, -0.25) is 14.9 Å². The van der Waals surface area contributed by atoms with E-state index >= 15 is 0 Å². The van der Waals surface area contributed by atoms with Crippen LogP contribution in [-0.2, 0) is 20.7 Å². The summed E-state index contributed by atoms with van der Waals surface area (Å²) in [7, 11) is 2.59. The average Bonchev–Trinajstić information content (AvgIpc) is 3.13. The van der Waals surface area contributed by atoms with Crippen molar-refractivity contribution in [3.8, 4) is 5.75 Å². The van der Waals surface area contributed by atoms with Crippen molar-refractivity contribution in [3.63, 3.8) is 0 Å². The lowest BCUT2D eigenvalue weighted by atomic mass is 10.0. The van der Waals surface area contributed by atoms with Crippen LogP contribution in [0.4, 0.5) is 5.69 Å². The van der Waals surface area contributed by atoms with Crippen LogP contribution in [0.25, 0.3) is 0 Å². The molecule has 1 aromatic carbocycles. The molecule has 8 nitrogen and oxygen atoms in total. The summed E-state index contributed by atoms with van der Waals surface area (Å²) in [5.41, 5.74) is 0.347. The molecule has 0 radical (unpaired) electrons. The number of nitrogens with zero attached hydrogens (tertiary/aromatic N) is 1. The van der Waals surface area contributed by atoms with Gasteiger partial charge in [-0.2, -0.15) is 0 Å². The van der Waals surface area contributed by atoms with Crippen molar-refractivity contribution in [3.05, 3.63) is 33.9 Å². The zero-order valence-electron chi connectivity index (χ0n) is 15.0. The molecule has 8 heteroatoms. The van der Waals surface area contributed by atoms with Gasteiger partial charge in [0, 0.05) is 18.9 Å². The monoisotopic (exact) mass is 364 g/mol. The lowest BCUT2D eigenvalue weighted by Crippen LogP contribution is -2.43. The van der Waals surface area contributed by atoms with Crippen molar-refractivity contribution in [2.45, 2.75) is 44.6 Å². The Morgan fingerprint density at radius 1 is 1.31 bits per heavy atom. The SMILES string of the molecule is COC(=O)[C@@H](Cc1ccc(OC)c([N+](=O)[O-])c1)NC(=O)CC1CCCC1. The number of ether oxygens (including phenoxy) is 2. The summed E-state index contributed by atoms with van der Waals surface area (Å²) in [5, 5.41) is 13.8. The van der Waals surface area contributed by atoms with Crippen molar-refractivity contribution >= 4 is 17.6 Å². The Kier molecular flexibility index (Phi) is 6.94. The molecule has 1 amide bonds. The van der Waals surface area contributed by atoms with Crippen molar-refractivity contribution in [2.75, 3.05) is 14.2 Å². The lowest BCUT2D eigenvalue weighted by Gasteiger charge is -2.18. The first-order valence-electron chi connectivity index (χ1n) is 8.63. The van der Waals surface area contributed by atoms with E-state index in [-0.39, 0.29) is 23.8 Å². The number of methoxy groups -OCH3 is 2. The number of benzene rings is 1. The van der Waals surface area contributed by atoms with Crippen LogP contribution in [0.2, 0.25) is 0 Å². The number of nitro groups is 1. The number of amides is 1. The molecule has 1 N–H and O–H groups in total. The fraction of sp³-hybridized carbons (Fsp3) is 0.556. The molecule has 1 aromatic rings. The van der Waals surface area contributed by atoms with Crippen LogP contribution in [-0.4, -0.2) is 37.1 Å². The summed E-state index contributed by atoms with van der Waals surface area (Å²) in [6.45, 7) is 0. The lowest BCUT2D eigenvalue weighted by molar-refractivity contribution is -0.385. The second-order valence-electron chi connectivity index (χ2n) is 6.47. The summed E-state index contributed by atoms with van der Waals surface area (Å²) >= 11 is 0. The van der Waals surface area contributed by atoms with Gasteiger partial charge in [0.2, 0.25) is 5.91 Å². The maximum Gasteiger partial charge on any atom is 0.328 e. The van der Waals surface area contributed by atoms with Gasteiger partial charge in [-0.05, 0) is 30.4 Å². The van der Waals surface area contributed by atoms with Crippen molar-refractivity contribution in [1.29, 1.82) is 0 Å². The first-order chi connectivity index (χ1) is 12.4. The topological polar surface area (TPSA) is 108 Å². The van der Waals surface area contributed by atoms with Crippen LogP contribution < -0.4 is 10.1 Å². The highest BCUT2D eigenvalue weighted by molar-refractivity contribution is 5.84. The Bertz CT molecular complexity index is 670. The molecule has 1 saturated carbocycles. The van der Waals surface area contributed by atoms with E-state index in [1.807, 2.05) is 0 Å². The van der Waals surface area contributed by atoms with Gasteiger partial charge < -0.3 is 14.8 Å². The Hall–Kier alpha value is -2.64. The molecule has 0 heterocycles. The van der Waals surface area contributed by atoms with Crippen LogP contribution in [0.15, 0.2) is 18.2 Å². The highest BCUT2D eigenvalue weighted by Crippen LogP contribution is 2.29. The van der Waals surface area contributed by atoms with E-state index in [1.54, 1.807) is 6.07 Å². The molecule has 0 unspecified atom stereocenters. The van der Waals surface area contributed by atoms with Crippen molar-refractivity contribution < 1.29 is 24.0 Å². The highest BCUT2D eigenvalue weighted by Gasteiger charge is 2.26. The van der Waals surface area contributed by atoms with Gasteiger partial charge in [0.25, 0.3) is 0 Å². The second-order valence-corrected chi connectivity index (χ2v) is 6.47. The molecule has 0 saturated heterocycles. The number of carbonyl (C=O) groups is 2. The van der Waals surface area contributed by atoms with E-state index in [0.29, 0.717) is 17.9 Å². The minimum Gasteiger partial charge on any atom is -0.490 e. The van der Waals surface area contributed by atoms with E-state index in [2.05, 4.69) is 5.32 Å². The van der Waals surface area contributed by atoms with Gasteiger partial charge in [-0.25, -0.2) is 4.79 Å². The molecule has 0 bridgehead atoms. The largest absolute Gasteiger partial charge is 0.490 e. The number of esters is 1. The molecule has 26 heavy (non-hydrogen) atoms. The smallest absolute Gasteiger partial charge is 0.328 e. The molecular weight excluding hydrogens is 340 g/mol. The zero-order chi connectivity index (χ0) is 19.1. The fourth-order valence-corrected chi connectivity index (χ4v) is 3.31. The standard InChI is InChI=1S/C18H24N2O6/c1-25-16-8-7-13(10-15(16)20(23)24)9-14(18(22)26-2)19-17(21)11-12-5-3-4-6-12/h7-8,10,12,14H,3-6,9,11H2,1-2H3,(H,19,21)/t14-/m1/s1. The first-order valence-corrected chi connectivity index (χ1v) is 8.63. The summed E-state index contributed by atoms with van der Waals surface area (Å²) in [4.78, 5) is 34.9. The van der Waals surface area contributed by atoms with Gasteiger partial charge >= 0.3 is 11.7 Å². The van der Waals surface area contributed by atoms with Crippen LogP contribution in [0, 0.1) is 16.0 Å². The third-order valence-corrected chi connectivity index (χ3v) is 4.65. The number of nitrogens with one attached hydrogen (secondary N) is 1. The van der Waals surface area contributed by atoms with Crippen molar-refractivity contribution in [1.82, 2.24) is 5.32 Å². The predicted octanol–water partition coefficient (Wildman–Crippen LogP) is 2.38. The fourth-order valence-electron chi connectivity index (χ4n) is 3.31. The zero-order valence-corrected chi connectivity index (χ0v) is 15.0. The Morgan fingerprint density at radius 2 is 2.00 bits per heavy atom. The molecule has 1 aliphatic rings. The summed E-state index contributed by atoms with van der Waals surface area (Å²) in [6.07, 6.45) is 4.81. The third-order valence-electron chi connectivity index (χ3n) is 4.65. The Balaban J connectivity index is 2.09. The van der Waals surface area contributed by atoms with Gasteiger partial charge in [0.1, 0.15) is 6.04 Å². The molecule has 2 rings (SSSR count). The normalized spacial score (nSPS) is 15.3. The average molecular weight is 364 g/mol. The molecular formula is C18H24N2O6. The van der Waals surface area contributed by atoms with Crippen molar-refractivity contribution in [2.24, 2.45) is 5.92 Å². The molecule has 0 spiro atoms. The quantitative estimate of drug-likeness (QED) is 0.431. The molecule has 0 aliphatic heterocycles. The molecule has 142 valence electrons. The molecule has 1 fully saturated rings. The second kappa shape index (κ2) is 9.17. The van der Waals surface area contributed by atoms with Gasteiger partial charge in [0.05, 0.1) is 19.1 Å². The maximum atomic E-state index is 12.2. The van der Waals surface area contributed by atoms with Crippen LogP contribution in [0.3, 0.4) is 0 Å². The van der Waals surface area contributed by atoms with E-state index in [9.17, 15) is 19.7 Å². The number of hydrogen-bond acceptors (Lipinski definition) is 6. The summed E-state index contributed by atoms with van der Waals surface area (Å²) in [6, 6.07) is 3.56. The molecule has 0 aromatic heterocycles. The molecule has 1 aliphatic carbocycles. The van der Waals surface area contributed by atoms with E-state index in [1.165, 1.54) is 26.4 Å². The Morgan fingerprint density at radius 3 is 2.58 bits per heavy atom. The van der Waals surface area contributed by atoms with Gasteiger partial charge in [0.15, 0.2) is 5.75 Å². The minimum absolute atomic E-state index is 0.105. The maximum absolute atomic E-state index is 12.2. The van der Waals surface area contributed by atoms with E-state index in [0.717, 1.165) is 25.7 Å². The molecule has 1 atom stereocenters. The first kappa shape index (κ1) is 19.7. The van der Waals surface area contributed by atoms with E-state index < -0.39 is 16.9 Å². The number of rotatable bonds is 8. The predicted molar refractivity (Wildman–Crippen MR) is 93.9 cm³/mol. The van der Waals surface area contributed by atoms with E-state index in [4.69, 9.17) is 9.47 Å². The van der Waals surface area contributed by atoms with Crippen LogP contribution in [0.5, 0.6) is 5.75 Å². The van der Waals surface area contributed by atoms with Gasteiger partial charge in [-0.15, -0.1) is 0 Å². The minimum atomic E-state index is -0.887. The third kappa shape index (κ3) is 5.18. The van der Waals surface area contributed by atoms with Crippen LogP contribution in [0.1, 0.15) is 37.7 Å². The summed E-state index contributed by atoms with van der Waals surface area (Å²) in [5.74, 6) is -0.285. The van der Waals surface area contributed by atoms with Crippen LogP contribution >= 0.6 is 0 Å². The number of nitro benzene ring substituents is 1. The van der Waals surface area contributed by atoms with Gasteiger partial charge in [-0.1, -0.05) is 18.9 Å². The highest BCUT2D eigenvalue weighted by atomic mass is 16.6. The Labute approximate surface area is 152 Å².